The maximum Gasteiger partial charge on any atom is 0.273 e. The standard InChI is InChI=1S/C15H15N3O4S/c19-8-12-2-1-7-17(12)15(20)13-9-23-14(16-13)10-3-5-11(6-4-10)18(21)22/h3-6,9,12,19H,1-2,7-8H2/t12-/m1/s1. The Bertz CT molecular complexity index is 729. The highest BCUT2D eigenvalue weighted by atomic mass is 32.1. The summed E-state index contributed by atoms with van der Waals surface area (Å²) in [6.07, 6.45) is 1.69. The van der Waals surface area contributed by atoms with E-state index in [1.54, 1.807) is 22.4 Å². The number of aliphatic hydroxyl groups excluding tert-OH is 1. The van der Waals surface area contributed by atoms with E-state index in [4.69, 9.17) is 0 Å². The number of rotatable bonds is 4. The molecule has 120 valence electrons. The number of aliphatic hydroxyl groups is 1. The molecule has 23 heavy (non-hydrogen) atoms. The highest BCUT2D eigenvalue weighted by Crippen LogP contribution is 2.27. The van der Waals surface area contributed by atoms with E-state index in [9.17, 15) is 20.0 Å². The molecule has 1 atom stereocenters. The fourth-order valence-electron chi connectivity index (χ4n) is 2.67. The van der Waals surface area contributed by atoms with Crippen molar-refractivity contribution in [1.82, 2.24) is 9.88 Å². The minimum atomic E-state index is -0.455. The van der Waals surface area contributed by atoms with Crippen LogP contribution in [0.4, 0.5) is 5.69 Å². The number of amides is 1. The third-order valence-electron chi connectivity index (χ3n) is 3.90. The van der Waals surface area contributed by atoms with Crippen LogP contribution < -0.4 is 0 Å². The summed E-state index contributed by atoms with van der Waals surface area (Å²) in [6.45, 7) is 0.597. The molecule has 1 aliphatic rings. The highest BCUT2D eigenvalue weighted by Gasteiger charge is 2.30. The predicted molar refractivity (Wildman–Crippen MR) is 85.3 cm³/mol. The first kappa shape index (κ1) is 15.6. The lowest BCUT2D eigenvalue weighted by molar-refractivity contribution is -0.384. The van der Waals surface area contributed by atoms with Crippen molar-refractivity contribution in [2.45, 2.75) is 18.9 Å². The molecule has 0 aliphatic carbocycles. The first-order chi connectivity index (χ1) is 11.1. The van der Waals surface area contributed by atoms with Crippen LogP contribution in [0.3, 0.4) is 0 Å². The molecule has 0 unspecified atom stereocenters. The Morgan fingerprint density at radius 3 is 2.83 bits per heavy atom. The Labute approximate surface area is 136 Å². The number of thiazole rings is 1. The summed E-state index contributed by atoms with van der Waals surface area (Å²) in [7, 11) is 0. The highest BCUT2D eigenvalue weighted by molar-refractivity contribution is 7.13. The van der Waals surface area contributed by atoms with Crippen molar-refractivity contribution < 1.29 is 14.8 Å². The van der Waals surface area contributed by atoms with Gasteiger partial charge in [-0.15, -0.1) is 11.3 Å². The van der Waals surface area contributed by atoms with Gasteiger partial charge in [0.2, 0.25) is 0 Å². The van der Waals surface area contributed by atoms with E-state index in [2.05, 4.69) is 4.98 Å². The predicted octanol–water partition coefficient (Wildman–Crippen LogP) is 2.32. The fourth-order valence-corrected chi connectivity index (χ4v) is 3.47. The first-order valence-electron chi connectivity index (χ1n) is 7.22. The van der Waals surface area contributed by atoms with E-state index in [1.165, 1.54) is 23.5 Å². The average Bonchev–Trinajstić information content (AvgIpc) is 3.23. The Balaban J connectivity index is 1.80. The Hall–Kier alpha value is -2.32. The van der Waals surface area contributed by atoms with Gasteiger partial charge in [-0.2, -0.15) is 0 Å². The summed E-state index contributed by atoms with van der Waals surface area (Å²) < 4.78 is 0. The largest absolute Gasteiger partial charge is 0.394 e. The van der Waals surface area contributed by atoms with Crippen LogP contribution in [0.5, 0.6) is 0 Å². The first-order valence-corrected chi connectivity index (χ1v) is 8.10. The normalized spacial score (nSPS) is 17.4. The molecule has 0 spiro atoms. The second-order valence-electron chi connectivity index (χ2n) is 5.32. The van der Waals surface area contributed by atoms with Crippen molar-refractivity contribution in [1.29, 1.82) is 0 Å². The van der Waals surface area contributed by atoms with Crippen molar-refractivity contribution in [3.63, 3.8) is 0 Å². The smallest absolute Gasteiger partial charge is 0.273 e. The zero-order chi connectivity index (χ0) is 16.4. The molecule has 0 radical (unpaired) electrons. The maximum absolute atomic E-state index is 12.5. The number of nitro benzene ring substituents is 1. The summed E-state index contributed by atoms with van der Waals surface area (Å²) in [5.74, 6) is -0.175. The maximum atomic E-state index is 12.5. The number of non-ortho nitro benzene ring substituents is 1. The summed E-state index contributed by atoms with van der Waals surface area (Å²) in [5, 5.41) is 22.3. The third-order valence-corrected chi connectivity index (χ3v) is 4.79. The van der Waals surface area contributed by atoms with Crippen molar-refractivity contribution >= 4 is 22.9 Å². The van der Waals surface area contributed by atoms with Gasteiger partial charge in [-0.05, 0) is 25.0 Å². The number of aromatic nitrogens is 1. The van der Waals surface area contributed by atoms with Gasteiger partial charge in [0, 0.05) is 29.6 Å². The quantitative estimate of drug-likeness (QED) is 0.684. The molecule has 8 heteroatoms. The van der Waals surface area contributed by atoms with Crippen LogP contribution in [-0.4, -0.2) is 45.0 Å². The number of hydrogen-bond donors (Lipinski definition) is 1. The molecule has 1 amide bonds. The summed E-state index contributed by atoms with van der Waals surface area (Å²) in [6, 6.07) is 5.95. The topological polar surface area (TPSA) is 96.6 Å². The monoisotopic (exact) mass is 333 g/mol. The third kappa shape index (κ3) is 3.08. The molecule has 1 fully saturated rings. The van der Waals surface area contributed by atoms with E-state index in [-0.39, 0.29) is 24.2 Å². The summed E-state index contributed by atoms with van der Waals surface area (Å²) in [4.78, 5) is 28.7. The number of carbonyl (C=O) groups is 1. The minimum Gasteiger partial charge on any atom is -0.394 e. The van der Waals surface area contributed by atoms with E-state index < -0.39 is 4.92 Å². The van der Waals surface area contributed by atoms with Gasteiger partial charge in [0.25, 0.3) is 11.6 Å². The molecule has 1 aromatic heterocycles. The van der Waals surface area contributed by atoms with Crippen LogP contribution in [0.2, 0.25) is 0 Å². The number of benzene rings is 1. The van der Waals surface area contributed by atoms with Gasteiger partial charge in [0.1, 0.15) is 10.7 Å². The SMILES string of the molecule is O=C(c1csc(-c2ccc([N+](=O)[O-])cc2)n1)N1CCC[C@@H]1CO. The van der Waals surface area contributed by atoms with E-state index in [1.807, 2.05) is 0 Å². The lowest BCUT2D eigenvalue weighted by atomic mass is 10.2. The van der Waals surface area contributed by atoms with Crippen LogP contribution in [0, 0.1) is 10.1 Å². The van der Waals surface area contributed by atoms with E-state index in [0.29, 0.717) is 17.2 Å². The molecule has 2 aromatic rings. The lowest BCUT2D eigenvalue weighted by Crippen LogP contribution is -2.37. The van der Waals surface area contributed by atoms with E-state index in [0.717, 1.165) is 18.4 Å². The molecule has 1 aromatic carbocycles. The minimum absolute atomic E-state index is 0.0180. The number of carbonyl (C=O) groups excluding carboxylic acids is 1. The molecule has 0 bridgehead atoms. The zero-order valence-corrected chi connectivity index (χ0v) is 13.0. The second kappa shape index (κ2) is 6.43. The second-order valence-corrected chi connectivity index (χ2v) is 6.18. The van der Waals surface area contributed by atoms with Gasteiger partial charge >= 0.3 is 0 Å². The van der Waals surface area contributed by atoms with Gasteiger partial charge < -0.3 is 10.0 Å². The van der Waals surface area contributed by atoms with Gasteiger partial charge in [-0.1, -0.05) is 0 Å². The number of likely N-dealkylation sites (tertiary alicyclic amines) is 1. The average molecular weight is 333 g/mol. The van der Waals surface area contributed by atoms with Crippen LogP contribution in [-0.2, 0) is 0 Å². The number of hydrogen-bond acceptors (Lipinski definition) is 6. The number of nitrogens with zero attached hydrogens (tertiary/aromatic N) is 3. The van der Waals surface area contributed by atoms with Crippen molar-refractivity contribution in [3.05, 3.63) is 45.5 Å². The Morgan fingerprint density at radius 1 is 1.43 bits per heavy atom. The molecule has 2 heterocycles. The summed E-state index contributed by atoms with van der Waals surface area (Å²) in [5.41, 5.74) is 1.10. The molecular weight excluding hydrogens is 318 g/mol. The van der Waals surface area contributed by atoms with Gasteiger partial charge in [0.05, 0.1) is 17.6 Å². The molecule has 1 aliphatic heterocycles. The molecule has 3 rings (SSSR count). The molecule has 0 saturated carbocycles. The summed E-state index contributed by atoms with van der Waals surface area (Å²) >= 11 is 1.32. The van der Waals surface area contributed by atoms with Crippen LogP contribution >= 0.6 is 11.3 Å². The van der Waals surface area contributed by atoms with Gasteiger partial charge in [-0.3, -0.25) is 14.9 Å². The van der Waals surface area contributed by atoms with E-state index >= 15 is 0 Å². The Kier molecular flexibility index (Phi) is 4.35. The van der Waals surface area contributed by atoms with Gasteiger partial charge in [0.15, 0.2) is 0 Å². The molecule has 7 nitrogen and oxygen atoms in total. The van der Waals surface area contributed by atoms with Crippen molar-refractivity contribution in [2.75, 3.05) is 13.2 Å². The molecular formula is C15H15N3O4S. The fraction of sp³-hybridized carbons (Fsp3) is 0.333. The molecule has 1 N–H and O–H groups in total. The van der Waals surface area contributed by atoms with Crippen molar-refractivity contribution in [2.24, 2.45) is 0 Å². The number of nitro groups is 1. The molecule has 1 saturated heterocycles. The Morgan fingerprint density at radius 2 is 2.17 bits per heavy atom. The van der Waals surface area contributed by atoms with Crippen LogP contribution in [0.1, 0.15) is 23.3 Å². The lowest BCUT2D eigenvalue weighted by Gasteiger charge is -2.21. The zero-order valence-electron chi connectivity index (χ0n) is 12.2. The van der Waals surface area contributed by atoms with Crippen molar-refractivity contribution in [3.8, 4) is 10.6 Å². The van der Waals surface area contributed by atoms with Crippen LogP contribution in [0.15, 0.2) is 29.6 Å². The van der Waals surface area contributed by atoms with Crippen LogP contribution in [0.25, 0.3) is 10.6 Å². The van der Waals surface area contributed by atoms with Gasteiger partial charge in [-0.25, -0.2) is 4.98 Å².